The van der Waals surface area contributed by atoms with Crippen molar-refractivity contribution in [2.24, 2.45) is 0 Å². The first kappa shape index (κ1) is 23.3. The molecule has 0 unspecified atom stereocenters. The highest BCUT2D eigenvalue weighted by Crippen LogP contribution is 2.17. The maximum absolute atomic E-state index is 5.78. The zero-order valence-electron chi connectivity index (χ0n) is 18.5. The average Bonchev–Trinajstić information content (AvgIpc) is 2.76. The molecule has 29 heavy (non-hydrogen) atoms. The lowest BCUT2D eigenvalue weighted by Crippen LogP contribution is -1.99. The van der Waals surface area contributed by atoms with Crippen LogP contribution in [0.5, 0.6) is 5.75 Å². The van der Waals surface area contributed by atoms with Gasteiger partial charge in [0, 0.05) is 17.5 Å². The van der Waals surface area contributed by atoms with Crippen LogP contribution in [0.2, 0.25) is 0 Å². The van der Waals surface area contributed by atoms with Gasteiger partial charge in [0.2, 0.25) is 0 Å². The van der Waals surface area contributed by atoms with Gasteiger partial charge in [0.15, 0.2) is 11.6 Å². The van der Waals surface area contributed by atoms with Crippen LogP contribution in [0.4, 0.5) is 0 Å². The molecule has 4 nitrogen and oxygen atoms in total. The molecule has 0 fully saturated rings. The lowest BCUT2D eigenvalue weighted by atomic mass is 10.1. The fraction of sp³-hybridized carbons (Fsp3) is 0.640. The summed E-state index contributed by atoms with van der Waals surface area (Å²) in [6.07, 6.45) is 21.9. The summed E-state index contributed by atoms with van der Waals surface area (Å²) in [5.74, 6) is 1.45. The van der Waals surface area contributed by atoms with Crippen molar-refractivity contribution in [1.82, 2.24) is 15.0 Å². The molecule has 0 bridgehead atoms. The van der Waals surface area contributed by atoms with E-state index in [1.807, 2.05) is 6.20 Å². The maximum atomic E-state index is 5.78. The van der Waals surface area contributed by atoms with Gasteiger partial charge in [-0.25, -0.2) is 9.97 Å². The van der Waals surface area contributed by atoms with Gasteiger partial charge in [0.1, 0.15) is 0 Å². The van der Waals surface area contributed by atoms with E-state index in [2.05, 4.69) is 40.9 Å². The third-order valence-corrected chi connectivity index (χ3v) is 5.26. The molecule has 0 spiro atoms. The van der Waals surface area contributed by atoms with Crippen molar-refractivity contribution in [3.05, 3.63) is 36.4 Å². The molecule has 2 aromatic rings. The first-order valence-electron chi connectivity index (χ1n) is 11.7. The monoisotopic (exact) mass is 397 g/mol. The topological polar surface area (TPSA) is 47.9 Å². The van der Waals surface area contributed by atoms with Crippen molar-refractivity contribution in [1.29, 1.82) is 0 Å². The van der Waals surface area contributed by atoms with E-state index in [1.165, 1.54) is 70.6 Å². The number of ether oxygens (including phenoxy) is 1. The number of nitrogens with zero attached hydrogens (tertiary/aromatic N) is 3. The molecule has 2 rings (SSSR count). The van der Waals surface area contributed by atoms with Gasteiger partial charge in [-0.1, -0.05) is 78.1 Å². The SMILES string of the molecule is CCCCCCCCCOc1cnc(-c2ccc(CCCCCCC)nc2)nc1. The smallest absolute Gasteiger partial charge is 0.160 e. The minimum Gasteiger partial charge on any atom is -0.490 e. The molecule has 0 saturated heterocycles. The van der Waals surface area contributed by atoms with E-state index in [4.69, 9.17) is 4.74 Å². The van der Waals surface area contributed by atoms with Crippen LogP contribution in [0.25, 0.3) is 11.4 Å². The molecule has 0 aliphatic heterocycles. The lowest BCUT2D eigenvalue weighted by molar-refractivity contribution is 0.302. The number of hydrogen-bond donors (Lipinski definition) is 0. The van der Waals surface area contributed by atoms with Crippen molar-refractivity contribution in [3.63, 3.8) is 0 Å². The number of aromatic nitrogens is 3. The van der Waals surface area contributed by atoms with Gasteiger partial charge in [-0.15, -0.1) is 0 Å². The quantitative estimate of drug-likeness (QED) is 0.281. The number of unbranched alkanes of at least 4 members (excludes halogenated alkanes) is 10. The van der Waals surface area contributed by atoms with Gasteiger partial charge in [-0.05, 0) is 31.4 Å². The van der Waals surface area contributed by atoms with Crippen molar-refractivity contribution in [2.45, 2.75) is 97.3 Å². The van der Waals surface area contributed by atoms with E-state index in [0.29, 0.717) is 5.82 Å². The van der Waals surface area contributed by atoms with Gasteiger partial charge in [0.05, 0.1) is 19.0 Å². The summed E-state index contributed by atoms with van der Waals surface area (Å²) < 4.78 is 5.78. The van der Waals surface area contributed by atoms with Crippen LogP contribution in [-0.4, -0.2) is 21.6 Å². The van der Waals surface area contributed by atoms with Gasteiger partial charge < -0.3 is 4.74 Å². The van der Waals surface area contributed by atoms with Gasteiger partial charge in [-0.3, -0.25) is 4.98 Å². The third kappa shape index (κ3) is 9.87. The predicted molar refractivity (Wildman–Crippen MR) is 121 cm³/mol. The van der Waals surface area contributed by atoms with E-state index in [9.17, 15) is 0 Å². The molecule has 160 valence electrons. The van der Waals surface area contributed by atoms with E-state index >= 15 is 0 Å². The second kappa shape index (κ2) is 14.9. The molecule has 0 atom stereocenters. The van der Waals surface area contributed by atoms with E-state index in [1.54, 1.807) is 12.4 Å². The standard InChI is InChI=1S/C25H39N3O/c1-3-5-7-9-10-12-14-18-29-24-20-27-25(28-21-24)22-16-17-23(26-19-22)15-13-11-8-6-4-2/h16-17,19-21H,3-15,18H2,1-2H3. The lowest BCUT2D eigenvalue weighted by Gasteiger charge is -2.07. The highest BCUT2D eigenvalue weighted by molar-refractivity contribution is 5.53. The summed E-state index contributed by atoms with van der Waals surface area (Å²) in [6, 6.07) is 4.17. The Morgan fingerprint density at radius 3 is 1.90 bits per heavy atom. The third-order valence-electron chi connectivity index (χ3n) is 5.26. The van der Waals surface area contributed by atoms with E-state index in [-0.39, 0.29) is 0 Å². The molecular weight excluding hydrogens is 358 g/mol. The number of rotatable bonds is 16. The van der Waals surface area contributed by atoms with Gasteiger partial charge in [0.25, 0.3) is 0 Å². The Balaban J connectivity index is 1.67. The Morgan fingerprint density at radius 1 is 0.655 bits per heavy atom. The van der Waals surface area contributed by atoms with E-state index in [0.717, 1.165) is 36.5 Å². The molecule has 0 amide bonds. The zero-order valence-corrected chi connectivity index (χ0v) is 18.5. The fourth-order valence-corrected chi connectivity index (χ4v) is 3.40. The number of hydrogen-bond acceptors (Lipinski definition) is 4. The summed E-state index contributed by atoms with van der Waals surface area (Å²) in [4.78, 5) is 13.5. The molecule has 0 saturated carbocycles. The summed E-state index contributed by atoms with van der Waals surface area (Å²) in [5.41, 5.74) is 2.11. The van der Waals surface area contributed by atoms with Gasteiger partial charge in [-0.2, -0.15) is 0 Å². The maximum Gasteiger partial charge on any atom is 0.160 e. The summed E-state index contributed by atoms with van der Waals surface area (Å²) in [7, 11) is 0. The van der Waals surface area contributed by atoms with Crippen molar-refractivity contribution in [3.8, 4) is 17.1 Å². The summed E-state index contributed by atoms with van der Waals surface area (Å²) in [6.45, 7) is 5.24. The largest absolute Gasteiger partial charge is 0.490 e. The van der Waals surface area contributed by atoms with Crippen LogP contribution < -0.4 is 4.74 Å². The number of aryl methyl sites for hydroxylation is 1. The molecule has 0 aromatic carbocycles. The van der Waals surface area contributed by atoms with Crippen LogP contribution in [0, 0.1) is 0 Å². The highest BCUT2D eigenvalue weighted by atomic mass is 16.5. The number of pyridine rings is 1. The average molecular weight is 398 g/mol. The van der Waals surface area contributed by atoms with Crippen molar-refractivity contribution >= 4 is 0 Å². The Morgan fingerprint density at radius 2 is 1.28 bits per heavy atom. The first-order chi connectivity index (χ1) is 14.3. The Hall–Kier alpha value is -1.97. The first-order valence-corrected chi connectivity index (χ1v) is 11.7. The molecule has 2 aromatic heterocycles. The zero-order chi connectivity index (χ0) is 20.6. The molecule has 2 heterocycles. The molecule has 4 heteroatoms. The molecule has 0 aliphatic carbocycles. The normalized spacial score (nSPS) is 11.0. The van der Waals surface area contributed by atoms with Crippen LogP contribution >= 0.6 is 0 Å². The van der Waals surface area contributed by atoms with Crippen LogP contribution in [0.15, 0.2) is 30.7 Å². The minimum absolute atomic E-state index is 0.704. The van der Waals surface area contributed by atoms with Crippen molar-refractivity contribution < 1.29 is 4.74 Å². The Kier molecular flexibility index (Phi) is 12.0. The van der Waals surface area contributed by atoms with Crippen LogP contribution in [-0.2, 0) is 6.42 Å². The predicted octanol–water partition coefficient (Wildman–Crippen LogP) is 7.18. The van der Waals surface area contributed by atoms with Crippen LogP contribution in [0.1, 0.15) is 96.6 Å². The molecule has 0 radical (unpaired) electrons. The highest BCUT2D eigenvalue weighted by Gasteiger charge is 2.04. The molecular formula is C25H39N3O. The second-order valence-corrected chi connectivity index (χ2v) is 7.91. The summed E-state index contributed by atoms with van der Waals surface area (Å²) >= 11 is 0. The molecule has 0 aliphatic rings. The summed E-state index contributed by atoms with van der Waals surface area (Å²) in [5, 5.41) is 0. The minimum atomic E-state index is 0.704. The van der Waals surface area contributed by atoms with Crippen molar-refractivity contribution in [2.75, 3.05) is 6.61 Å². The van der Waals surface area contributed by atoms with E-state index < -0.39 is 0 Å². The Labute approximate surface area is 177 Å². The van der Waals surface area contributed by atoms with Crippen LogP contribution in [0.3, 0.4) is 0 Å². The molecule has 0 N–H and O–H groups in total. The second-order valence-electron chi connectivity index (χ2n) is 7.91. The fourth-order valence-electron chi connectivity index (χ4n) is 3.40. The Bertz CT molecular complexity index is 640. The van der Waals surface area contributed by atoms with Gasteiger partial charge >= 0.3 is 0 Å².